The molecule has 164 valence electrons. The number of benzene rings is 3. The van der Waals surface area contributed by atoms with Gasteiger partial charge in [0, 0.05) is 48.3 Å². The highest BCUT2D eigenvalue weighted by Crippen LogP contribution is 2.30. The molecule has 0 radical (unpaired) electrons. The molecule has 1 N–H and O–H groups in total. The lowest BCUT2D eigenvalue weighted by molar-refractivity contribution is 0.102. The Morgan fingerprint density at radius 1 is 0.875 bits per heavy atom. The van der Waals surface area contributed by atoms with Crippen molar-refractivity contribution in [1.29, 1.82) is 0 Å². The van der Waals surface area contributed by atoms with Crippen molar-refractivity contribution >= 4 is 46.6 Å². The number of rotatable bonds is 6. The third kappa shape index (κ3) is 5.92. The number of carbonyl (C=O) groups is 1. The SMILES string of the molecule is O=C(Nc1ccc(Cl)cc1N1CCN(C/C=C/c2ccc(Cl)cc2)CC1)c1ccccc1. The molecule has 0 saturated carbocycles. The van der Waals surface area contributed by atoms with E-state index in [2.05, 4.69) is 27.3 Å². The van der Waals surface area contributed by atoms with Gasteiger partial charge in [0.05, 0.1) is 11.4 Å². The van der Waals surface area contributed by atoms with Crippen LogP contribution >= 0.6 is 23.2 Å². The number of hydrogen-bond acceptors (Lipinski definition) is 3. The number of piperazine rings is 1. The number of anilines is 2. The van der Waals surface area contributed by atoms with Crippen LogP contribution in [0.15, 0.2) is 78.9 Å². The summed E-state index contributed by atoms with van der Waals surface area (Å²) in [6.07, 6.45) is 4.31. The fraction of sp³-hybridized carbons (Fsp3) is 0.192. The van der Waals surface area contributed by atoms with E-state index < -0.39 is 0 Å². The van der Waals surface area contributed by atoms with Crippen molar-refractivity contribution in [3.05, 3.63) is 100 Å². The lowest BCUT2D eigenvalue weighted by Gasteiger charge is -2.36. The molecule has 0 bridgehead atoms. The van der Waals surface area contributed by atoms with E-state index in [1.165, 1.54) is 0 Å². The van der Waals surface area contributed by atoms with Crippen LogP contribution in [-0.2, 0) is 0 Å². The van der Waals surface area contributed by atoms with Gasteiger partial charge in [-0.15, -0.1) is 0 Å². The van der Waals surface area contributed by atoms with Crippen molar-refractivity contribution in [3.63, 3.8) is 0 Å². The molecule has 4 nitrogen and oxygen atoms in total. The molecular formula is C26H25Cl2N3O. The maximum absolute atomic E-state index is 12.7. The number of amides is 1. The summed E-state index contributed by atoms with van der Waals surface area (Å²) in [5.74, 6) is -0.125. The highest BCUT2D eigenvalue weighted by Gasteiger charge is 2.20. The molecule has 0 aliphatic carbocycles. The molecule has 0 atom stereocenters. The molecule has 0 unspecified atom stereocenters. The summed E-state index contributed by atoms with van der Waals surface area (Å²) in [6.45, 7) is 4.49. The summed E-state index contributed by atoms with van der Waals surface area (Å²) < 4.78 is 0. The quantitative estimate of drug-likeness (QED) is 0.478. The Balaban J connectivity index is 1.37. The number of nitrogens with one attached hydrogen (secondary N) is 1. The normalized spacial score (nSPS) is 14.6. The van der Waals surface area contributed by atoms with Crippen LogP contribution in [0.4, 0.5) is 11.4 Å². The van der Waals surface area contributed by atoms with Crippen molar-refractivity contribution in [2.45, 2.75) is 0 Å². The second-order valence-electron chi connectivity index (χ2n) is 7.72. The largest absolute Gasteiger partial charge is 0.367 e. The summed E-state index contributed by atoms with van der Waals surface area (Å²) >= 11 is 12.2. The van der Waals surface area contributed by atoms with Gasteiger partial charge in [-0.25, -0.2) is 0 Å². The molecule has 32 heavy (non-hydrogen) atoms. The van der Waals surface area contributed by atoms with Crippen molar-refractivity contribution in [2.75, 3.05) is 42.9 Å². The topological polar surface area (TPSA) is 35.6 Å². The van der Waals surface area contributed by atoms with E-state index in [4.69, 9.17) is 23.2 Å². The molecule has 3 aromatic carbocycles. The molecule has 6 heteroatoms. The Labute approximate surface area is 199 Å². The van der Waals surface area contributed by atoms with Gasteiger partial charge < -0.3 is 10.2 Å². The Morgan fingerprint density at radius 3 is 2.28 bits per heavy atom. The van der Waals surface area contributed by atoms with Crippen LogP contribution in [0.2, 0.25) is 10.0 Å². The third-order valence-electron chi connectivity index (χ3n) is 5.50. The van der Waals surface area contributed by atoms with Crippen LogP contribution in [0.25, 0.3) is 6.08 Å². The number of hydrogen-bond donors (Lipinski definition) is 1. The highest BCUT2D eigenvalue weighted by atomic mass is 35.5. The minimum absolute atomic E-state index is 0.125. The van der Waals surface area contributed by atoms with E-state index in [9.17, 15) is 4.79 Å². The molecule has 1 aliphatic rings. The Kier molecular flexibility index (Phi) is 7.48. The number of halogens is 2. The zero-order chi connectivity index (χ0) is 22.3. The van der Waals surface area contributed by atoms with Crippen LogP contribution in [-0.4, -0.2) is 43.5 Å². The minimum Gasteiger partial charge on any atom is -0.367 e. The lowest BCUT2D eigenvalue weighted by Crippen LogP contribution is -2.46. The van der Waals surface area contributed by atoms with E-state index in [0.29, 0.717) is 10.6 Å². The van der Waals surface area contributed by atoms with Crippen molar-refractivity contribution in [3.8, 4) is 0 Å². The smallest absolute Gasteiger partial charge is 0.255 e. The Hall–Kier alpha value is -2.79. The average Bonchev–Trinajstić information content (AvgIpc) is 2.82. The fourth-order valence-corrected chi connectivity index (χ4v) is 4.03. The Morgan fingerprint density at radius 2 is 1.56 bits per heavy atom. The number of carbonyl (C=O) groups excluding carboxylic acids is 1. The van der Waals surface area contributed by atoms with E-state index in [-0.39, 0.29) is 5.91 Å². The second kappa shape index (κ2) is 10.7. The monoisotopic (exact) mass is 465 g/mol. The molecule has 0 aromatic heterocycles. The van der Waals surface area contributed by atoms with Crippen LogP contribution in [0, 0.1) is 0 Å². The molecule has 1 aliphatic heterocycles. The van der Waals surface area contributed by atoms with E-state index in [1.807, 2.05) is 60.7 Å². The van der Waals surface area contributed by atoms with Crippen molar-refractivity contribution in [1.82, 2.24) is 4.90 Å². The Bertz CT molecular complexity index is 1080. The van der Waals surface area contributed by atoms with Gasteiger partial charge in [-0.05, 0) is 48.0 Å². The van der Waals surface area contributed by atoms with Crippen LogP contribution in [0.5, 0.6) is 0 Å². The van der Waals surface area contributed by atoms with Gasteiger partial charge in [0.25, 0.3) is 5.91 Å². The number of nitrogens with zero attached hydrogens (tertiary/aromatic N) is 2. The molecule has 0 spiro atoms. The molecule has 1 saturated heterocycles. The zero-order valence-corrected chi connectivity index (χ0v) is 19.2. The fourth-order valence-electron chi connectivity index (χ4n) is 3.74. The van der Waals surface area contributed by atoms with Crippen LogP contribution in [0.1, 0.15) is 15.9 Å². The zero-order valence-electron chi connectivity index (χ0n) is 17.7. The summed E-state index contributed by atoms with van der Waals surface area (Å²) in [5.41, 5.74) is 3.51. The van der Waals surface area contributed by atoms with Gasteiger partial charge in [0.15, 0.2) is 0 Å². The average molecular weight is 466 g/mol. The van der Waals surface area contributed by atoms with Gasteiger partial charge in [-0.3, -0.25) is 9.69 Å². The standard InChI is InChI=1S/C26H25Cl2N3O/c27-22-10-8-20(9-11-22)5-4-14-30-15-17-31(18-16-30)25-19-23(28)12-13-24(25)29-26(32)21-6-2-1-3-7-21/h1-13,19H,14-18H2,(H,29,32)/b5-4+. The highest BCUT2D eigenvalue weighted by molar-refractivity contribution is 6.31. The first-order chi connectivity index (χ1) is 15.6. The predicted octanol–water partition coefficient (Wildman–Crippen LogP) is 6.08. The van der Waals surface area contributed by atoms with Gasteiger partial charge in [0.2, 0.25) is 0 Å². The van der Waals surface area contributed by atoms with Gasteiger partial charge in [0.1, 0.15) is 0 Å². The predicted molar refractivity (Wildman–Crippen MR) is 135 cm³/mol. The second-order valence-corrected chi connectivity index (χ2v) is 8.60. The molecule has 1 heterocycles. The molecule has 1 amide bonds. The summed E-state index contributed by atoms with van der Waals surface area (Å²) in [6, 6.07) is 22.7. The summed E-state index contributed by atoms with van der Waals surface area (Å²) in [7, 11) is 0. The van der Waals surface area contributed by atoms with Gasteiger partial charge in [-0.1, -0.05) is 65.7 Å². The molecule has 4 rings (SSSR count). The first-order valence-electron chi connectivity index (χ1n) is 10.6. The molecular weight excluding hydrogens is 441 g/mol. The van der Waals surface area contributed by atoms with Crippen molar-refractivity contribution in [2.24, 2.45) is 0 Å². The maximum atomic E-state index is 12.7. The summed E-state index contributed by atoms with van der Waals surface area (Å²) in [5, 5.41) is 4.45. The van der Waals surface area contributed by atoms with Gasteiger partial charge in [-0.2, -0.15) is 0 Å². The third-order valence-corrected chi connectivity index (χ3v) is 5.99. The molecule has 1 fully saturated rings. The van der Waals surface area contributed by atoms with Crippen LogP contribution in [0.3, 0.4) is 0 Å². The van der Waals surface area contributed by atoms with Crippen LogP contribution < -0.4 is 10.2 Å². The maximum Gasteiger partial charge on any atom is 0.255 e. The van der Waals surface area contributed by atoms with E-state index in [1.54, 1.807) is 12.1 Å². The van der Waals surface area contributed by atoms with E-state index >= 15 is 0 Å². The minimum atomic E-state index is -0.125. The van der Waals surface area contributed by atoms with E-state index in [0.717, 1.165) is 54.7 Å². The van der Waals surface area contributed by atoms with Gasteiger partial charge >= 0.3 is 0 Å². The first kappa shape index (κ1) is 22.4. The molecule has 3 aromatic rings. The lowest BCUT2D eigenvalue weighted by atomic mass is 10.1. The summed E-state index contributed by atoms with van der Waals surface area (Å²) in [4.78, 5) is 17.4. The first-order valence-corrected chi connectivity index (χ1v) is 11.4. The van der Waals surface area contributed by atoms with Crippen molar-refractivity contribution < 1.29 is 4.79 Å².